The Balaban J connectivity index is 2.92. The number of aliphatic hydroxyl groups is 2. The van der Waals surface area contributed by atoms with Crippen molar-refractivity contribution in [3.63, 3.8) is 0 Å². The molecule has 1 rings (SSSR count). The smallest absolute Gasteiger partial charge is 0.128 e. The molecule has 0 unspecified atom stereocenters. The Hall–Kier alpha value is -1.13. The summed E-state index contributed by atoms with van der Waals surface area (Å²) in [5, 5.41) is 19.4. The van der Waals surface area contributed by atoms with E-state index in [1.807, 2.05) is 17.9 Å². The summed E-state index contributed by atoms with van der Waals surface area (Å²) in [7, 11) is 0. The van der Waals surface area contributed by atoms with E-state index in [2.05, 4.69) is 4.98 Å². The normalized spacial score (nSPS) is 13.5. The van der Waals surface area contributed by atoms with Gasteiger partial charge in [-0.15, -0.1) is 0 Å². The molecule has 1 atom stereocenters. The monoisotopic (exact) mass is 238 g/mol. The van der Waals surface area contributed by atoms with Crippen molar-refractivity contribution >= 4 is 5.82 Å². The largest absolute Gasteiger partial charge is 0.389 e. The van der Waals surface area contributed by atoms with E-state index in [0.717, 1.165) is 17.9 Å². The molecule has 0 aliphatic heterocycles. The van der Waals surface area contributed by atoms with Crippen LogP contribution in [0.3, 0.4) is 0 Å². The van der Waals surface area contributed by atoms with Crippen LogP contribution in [0.4, 0.5) is 5.82 Å². The molecule has 0 aliphatic carbocycles. The minimum absolute atomic E-state index is 0.502. The third kappa shape index (κ3) is 4.32. The molecule has 4 heteroatoms. The van der Waals surface area contributed by atoms with Crippen LogP contribution in [0.1, 0.15) is 39.4 Å². The second-order valence-electron chi connectivity index (χ2n) is 4.95. The summed E-state index contributed by atoms with van der Waals surface area (Å²) < 4.78 is 0. The first-order chi connectivity index (χ1) is 7.83. The van der Waals surface area contributed by atoms with Crippen molar-refractivity contribution in [2.45, 2.75) is 39.4 Å². The lowest BCUT2D eigenvalue weighted by atomic mass is 10.1. The van der Waals surface area contributed by atoms with Gasteiger partial charge in [0, 0.05) is 19.3 Å². The van der Waals surface area contributed by atoms with E-state index in [0.29, 0.717) is 6.54 Å². The molecule has 0 aliphatic rings. The number of nitrogens with zero attached hydrogens (tertiary/aromatic N) is 2. The van der Waals surface area contributed by atoms with Gasteiger partial charge in [0.2, 0.25) is 0 Å². The summed E-state index contributed by atoms with van der Waals surface area (Å²) in [4.78, 5) is 6.27. The second-order valence-corrected chi connectivity index (χ2v) is 4.95. The maximum Gasteiger partial charge on any atom is 0.128 e. The summed E-state index contributed by atoms with van der Waals surface area (Å²) >= 11 is 0. The summed E-state index contributed by atoms with van der Waals surface area (Å²) in [5.41, 5.74) is 0.0719. The topological polar surface area (TPSA) is 56.6 Å². The number of anilines is 1. The fraction of sp³-hybridized carbons (Fsp3) is 0.615. The first-order valence-corrected chi connectivity index (χ1v) is 5.95. The molecule has 1 heterocycles. The fourth-order valence-corrected chi connectivity index (χ4v) is 1.69. The van der Waals surface area contributed by atoms with Gasteiger partial charge in [0.15, 0.2) is 0 Å². The van der Waals surface area contributed by atoms with Crippen molar-refractivity contribution in [2.24, 2.45) is 0 Å². The Kier molecular flexibility index (Phi) is 4.48. The van der Waals surface area contributed by atoms with Crippen LogP contribution in [0.15, 0.2) is 18.3 Å². The van der Waals surface area contributed by atoms with E-state index in [4.69, 9.17) is 0 Å². The zero-order valence-corrected chi connectivity index (χ0v) is 11.0. The number of hydrogen-bond donors (Lipinski definition) is 2. The Bertz CT molecular complexity index is 359. The van der Waals surface area contributed by atoms with Crippen molar-refractivity contribution in [3.8, 4) is 0 Å². The van der Waals surface area contributed by atoms with E-state index >= 15 is 0 Å². The molecule has 2 N–H and O–H groups in total. The van der Waals surface area contributed by atoms with Crippen LogP contribution in [-0.4, -0.2) is 33.9 Å². The molecular formula is C13H22N2O2. The van der Waals surface area contributed by atoms with Crippen LogP contribution in [0, 0.1) is 0 Å². The highest BCUT2D eigenvalue weighted by Gasteiger charge is 2.18. The SMILES string of the molecule is CCN(CC(C)(C)O)c1cc([C@H](C)O)ccn1. The number of likely N-dealkylation sites (N-methyl/N-ethyl adjacent to an activating group) is 1. The van der Waals surface area contributed by atoms with Gasteiger partial charge >= 0.3 is 0 Å². The van der Waals surface area contributed by atoms with Gasteiger partial charge < -0.3 is 15.1 Å². The standard InChI is InChI=1S/C13H22N2O2/c1-5-15(9-13(3,4)17)12-8-11(10(2)16)6-7-14-12/h6-8,10,16-17H,5,9H2,1-4H3/t10-/m0/s1. The lowest BCUT2D eigenvalue weighted by Gasteiger charge is -2.29. The van der Waals surface area contributed by atoms with Gasteiger partial charge in [0.25, 0.3) is 0 Å². The van der Waals surface area contributed by atoms with Crippen LogP contribution in [0.2, 0.25) is 0 Å². The fourth-order valence-electron chi connectivity index (χ4n) is 1.69. The van der Waals surface area contributed by atoms with Crippen molar-refractivity contribution in [1.82, 2.24) is 4.98 Å². The van der Waals surface area contributed by atoms with Crippen LogP contribution < -0.4 is 4.90 Å². The van der Waals surface area contributed by atoms with Crippen molar-refractivity contribution in [3.05, 3.63) is 23.9 Å². The summed E-state index contributed by atoms with van der Waals surface area (Å²) in [6.45, 7) is 8.57. The molecule has 4 nitrogen and oxygen atoms in total. The molecule has 0 spiro atoms. The zero-order valence-electron chi connectivity index (χ0n) is 11.0. The highest BCUT2D eigenvalue weighted by Crippen LogP contribution is 2.19. The van der Waals surface area contributed by atoms with Crippen molar-refractivity contribution < 1.29 is 10.2 Å². The van der Waals surface area contributed by atoms with Crippen LogP contribution in [0.5, 0.6) is 0 Å². The molecule has 0 bridgehead atoms. The zero-order chi connectivity index (χ0) is 13.1. The molecule has 0 fully saturated rings. The quantitative estimate of drug-likeness (QED) is 0.820. The maximum absolute atomic E-state index is 9.84. The predicted octanol–water partition coefficient (Wildman–Crippen LogP) is 1.73. The summed E-state index contributed by atoms with van der Waals surface area (Å²) in [6.07, 6.45) is 1.18. The minimum Gasteiger partial charge on any atom is -0.389 e. The van der Waals surface area contributed by atoms with Gasteiger partial charge in [-0.05, 0) is 45.4 Å². The average Bonchev–Trinajstić information content (AvgIpc) is 2.25. The van der Waals surface area contributed by atoms with Crippen molar-refractivity contribution in [2.75, 3.05) is 18.0 Å². The Morgan fingerprint density at radius 2 is 2.12 bits per heavy atom. The summed E-state index contributed by atoms with van der Waals surface area (Å²) in [5.74, 6) is 0.785. The first kappa shape index (κ1) is 13.9. The maximum atomic E-state index is 9.84. The van der Waals surface area contributed by atoms with E-state index in [1.54, 1.807) is 33.0 Å². The highest BCUT2D eigenvalue weighted by molar-refractivity contribution is 5.41. The van der Waals surface area contributed by atoms with Gasteiger partial charge in [-0.1, -0.05) is 0 Å². The minimum atomic E-state index is -0.765. The van der Waals surface area contributed by atoms with Crippen LogP contribution in [0.25, 0.3) is 0 Å². The molecule has 96 valence electrons. The number of aliphatic hydroxyl groups excluding tert-OH is 1. The van der Waals surface area contributed by atoms with Gasteiger partial charge in [-0.2, -0.15) is 0 Å². The first-order valence-electron chi connectivity index (χ1n) is 5.95. The molecule has 17 heavy (non-hydrogen) atoms. The van der Waals surface area contributed by atoms with Gasteiger partial charge in [-0.25, -0.2) is 4.98 Å². The Morgan fingerprint density at radius 3 is 2.59 bits per heavy atom. The lowest BCUT2D eigenvalue weighted by Crippen LogP contribution is -2.39. The van der Waals surface area contributed by atoms with E-state index in [9.17, 15) is 10.2 Å². The molecule has 0 amide bonds. The Labute approximate surface area is 103 Å². The highest BCUT2D eigenvalue weighted by atomic mass is 16.3. The van der Waals surface area contributed by atoms with Crippen LogP contribution >= 0.6 is 0 Å². The van der Waals surface area contributed by atoms with Crippen LogP contribution in [-0.2, 0) is 0 Å². The third-order valence-corrected chi connectivity index (χ3v) is 2.54. The number of hydrogen-bond acceptors (Lipinski definition) is 4. The molecule has 1 aromatic rings. The van der Waals surface area contributed by atoms with Gasteiger partial charge in [0.05, 0.1) is 11.7 Å². The molecular weight excluding hydrogens is 216 g/mol. The predicted molar refractivity (Wildman–Crippen MR) is 69.1 cm³/mol. The Morgan fingerprint density at radius 1 is 1.47 bits per heavy atom. The molecule has 1 aromatic heterocycles. The number of pyridine rings is 1. The van der Waals surface area contributed by atoms with Crippen molar-refractivity contribution in [1.29, 1.82) is 0 Å². The second kappa shape index (κ2) is 5.47. The average molecular weight is 238 g/mol. The van der Waals surface area contributed by atoms with Gasteiger partial charge in [0.1, 0.15) is 5.82 Å². The van der Waals surface area contributed by atoms with E-state index < -0.39 is 11.7 Å². The number of rotatable bonds is 5. The third-order valence-electron chi connectivity index (χ3n) is 2.54. The molecule has 0 saturated heterocycles. The lowest BCUT2D eigenvalue weighted by molar-refractivity contribution is 0.0874. The van der Waals surface area contributed by atoms with E-state index in [-0.39, 0.29) is 0 Å². The molecule has 0 saturated carbocycles. The summed E-state index contributed by atoms with van der Waals surface area (Å²) in [6, 6.07) is 3.66. The molecule has 0 radical (unpaired) electrons. The van der Waals surface area contributed by atoms with Gasteiger partial charge in [-0.3, -0.25) is 0 Å². The molecule has 0 aromatic carbocycles. The van der Waals surface area contributed by atoms with E-state index in [1.165, 1.54) is 0 Å². The number of aromatic nitrogens is 1.